The van der Waals surface area contributed by atoms with Gasteiger partial charge in [0.2, 0.25) is 0 Å². The molecule has 0 aromatic heterocycles. The molecule has 0 saturated carbocycles. The van der Waals surface area contributed by atoms with E-state index in [1.54, 1.807) is 48.5 Å². The first-order valence-corrected chi connectivity index (χ1v) is 29.4. The molecule has 1 fully saturated rings. The summed E-state index contributed by atoms with van der Waals surface area (Å²) in [4.78, 5) is 100. The van der Waals surface area contributed by atoms with Gasteiger partial charge >= 0.3 is 17.9 Å². The van der Waals surface area contributed by atoms with Gasteiger partial charge in [-0.25, -0.2) is 14.4 Å². The van der Waals surface area contributed by atoms with E-state index in [9.17, 15) is 33.6 Å². The molecule has 19 heteroatoms. The molecule has 9 aromatic rings. The van der Waals surface area contributed by atoms with E-state index in [0.717, 1.165) is 27.8 Å². The highest BCUT2D eigenvalue weighted by molar-refractivity contribution is 6.03. The van der Waals surface area contributed by atoms with E-state index in [-0.39, 0.29) is 96.4 Å². The van der Waals surface area contributed by atoms with Gasteiger partial charge in [-0.1, -0.05) is 194 Å². The first-order valence-electron chi connectivity index (χ1n) is 29.4. The zero-order chi connectivity index (χ0) is 63.9. The fraction of sp³-hybridized carbons (Fsp3) is 0.164. The number of amides is 3. The third-order valence-corrected chi connectivity index (χ3v) is 14.2. The second-order valence-corrected chi connectivity index (χ2v) is 20.9. The minimum absolute atomic E-state index is 0.0000112. The number of carbonyl (C=O) groups is 7. The minimum atomic E-state index is -1.88. The van der Waals surface area contributed by atoms with Crippen LogP contribution >= 0.6 is 0 Å². The first kappa shape index (κ1) is 63.3. The van der Waals surface area contributed by atoms with Crippen LogP contribution in [0.25, 0.3) is 0 Å². The second kappa shape index (κ2) is 32.0. The molecule has 0 radical (unpaired) electrons. The Morgan fingerprint density at radius 3 is 0.913 bits per heavy atom. The lowest BCUT2D eigenvalue weighted by Gasteiger charge is -2.25. The third-order valence-electron chi connectivity index (χ3n) is 14.2. The Balaban J connectivity index is 0.968. The highest BCUT2D eigenvalue weighted by Gasteiger charge is 2.36. The van der Waals surface area contributed by atoms with Gasteiger partial charge < -0.3 is 58.6 Å². The second-order valence-electron chi connectivity index (χ2n) is 20.9. The molecule has 19 nitrogen and oxygen atoms in total. The van der Waals surface area contributed by atoms with E-state index in [1.807, 2.05) is 158 Å². The zero-order valence-corrected chi connectivity index (χ0v) is 49.6. The lowest BCUT2D eigenvalue weighted by molar-refractivity contribution is -0.160. The number of aldehydes is 1. The van der Waals surface area contributed by atoms with Crippen LogP contribution in [0.2, 0.25) is 0 Å². The van der Waals surface area contributed by atoms with Gasteiger partial charge in [0.15, 0.2) is 52.6 Å². The molecule has 10 rings (SSSR count). The largest absolute Gasteiger partial charge is 0.485 e. The van der Waals surface area contributed by atoms with Gasteiger partial charge in [-0.3, -0.25) is 19.2 Å². The van der Waals surface area contributed by atoms with E-state index in [2.05, 4.69) is 16.0 Å². The number of para-hydroxylation sites is 2. The highest BCUT2D eigenvalue weighted by atomic mass is 16.6. The van der Waals surface area contributed by atoms with Gasteiger partial charge in [-0.15, -0.1) is 0 Å². The smallest absolute Gasteiger partial charge is 0.332 e. The SMILES string of the molecule is O=Cc1cc(OCc2ccccc2)c(OCc2ccccc2)c(C(=O)N[C@H]2COC(=O)[C@@H](NC(=O)c3cccc(OCc4ccccc4)c3OCc3ccccc3)COC(=O)[C@@H](NC(=O)c3cccc(OCc4ccccc4)c3OCc3ccccc3)COC2=O)c1. The van der Waals surface area contributed by atoms with Crippen molar-refractivity contribution in [3.63, 3.8) is 0 Å². The molecular formula is C73H63N3O16. The maximum atomic E-state index is 14.8. The lowest BCUT2D eigenvalue weighted by atomic mass is 10.1. The number of esters is 3. The average molecular weight is 1240 g/mol. The van der Waals surface area contributed by atoms with Crippen molar-refractivity contribution in [3.8, 4) is 34.5 Å². The summed E-state index contributed by atoms with van der Waals surface area (Å²) in [7, 11) is 0. The summed E-state index contributed by atoms with van der Waals surface area (Å²) in [6.07, 6.45) is 0.500. The Hall–Kier alpha value is -11.7. The van der Waals surface area contributed by atoms with Crippen LogP contribution in [0, 0.1) is 0 Å². The number of cyclic esters (lactones) is 3. The van der Waals surface area contributed by atoms with Crippen LogP contribution in [0.3, 0.4) is 0 Å². The van der Waals surface area contributed by atoms with Crippen LogP contribution in [0.4, 0.5) is 0 Å². The number of hydrogen-bond acceptors (Lipinski definition) is 16. The number of carbonyl (C=O) groups excluding carboxylic acids is 7. The van der Waals surface area contributed by atoms with Crippen LogP contribution in [0.15, 0.2) is 231 Å². The quantitative estimate of drug-likeness (QED) is 0.0274. The van der Waals surface area contributed by atoms with Crippen molar-refractivity contribution >= 4 is 41.9 Å². The fourth-order valence-corrected chi connectivity index (χ4v) is 9.44. The van der Waals surface area contributed by atoms with Crippen molar-refractivity contribution in [1.29, 1.82) is 0 Å². The van der Waals surface area contributed by atoms with Crippen LogP contribution < -0.4 is 44.4 Å². The first-order chi connectivity index (χ1) is 45.0. The minimum Gasteiger partial charge on any atom is -0.485 e. The average Bonchev–Trinajstić information content (AvgIpc) is 2.33. The maximum absolute atomic E-state index is 14.8. The van der Waals surface area contributed by atoms with Gasteiger partial charge in [0, 0.05) is 5.56 Å². The van der Waals surface area contributed by atoms with Crippen molar-refractivity contribution in [3.05, 3.63) is 286 Å². The topological polar surface area (TPSA) is 239 Å². The van der Waals surface area contributed by atoms with E-state index >= 15 is 0 Å². The Morgan fingerprint density at radius 2 is 0.609 bits per heavy atom. The molecule has 0 bridgehead atoms. The van der Waals surface area contributed by atoms with Gasteiger partial charge in [0.25, 0.3) is 17.7 Å². The predicted molar refractivity (Wildman–Crippen MR) is 336 cm³/mol. The number of ether oxygens (including phenoxy) is 9. The molecule has 466 valence electrons. The molecule has 0 aliphatic carbocycles. The van der Waals surface area contributed by atoms with E-state index in [4.69, 9.17) is 42.6 Å². The Bertz CT molecular complexity index is 3830. The van der Waals surface area contributed by atoms with Crippen LogP contribution in [0.5, 0.6) is 34.5 Å². The van der Waals surface area contributed by atoms with Crippen molar-refractivity contribution in [2.45, 2.75) is 57.8 Å². The fourth-order valence-electron chi connectivity index (χ4n) is 9.44. The predicted octanol–water partition coefficient (Wildman–Crippen LogP) is 10.3. The summed E-state index contributed by atoms with van der Waals surface area (Å²) in [6, 6.07) is 61.4. The maximum Gasteiger partial charge on any atom is 0.332 e. The molecule has 0 spiro atoms. The standard InChI is InChI=1S/C73H63N3O16/c77-39-55-37-58(67(89-45-54-31-17-6-18-32-54)64(38-55)86-42-51-25-11-3-12-26-51)70(80)76-61-48-92-72(82)59(74-68(78)56-33-19-35-62(84-40-49-21-7-1-8-22-49)65(56)87-43-52-27-13-4-14-28-52)46-90-71(81)60(47-91-73(61)83)75-69(79)57-34-20-36-63(85-41-50-23-9-2-10-24-50)66(57)88-44-53-29-15-5-16-30-53/h1-39,59-61H,40-48H2,(H,74,78)(H,75,79)(H,76,80)/t59-,60-,61-/m0/s1. The summed E-state index contributed by atoms with van der Waals surface area (Å²) >= 11 is 0. The summed E-state index contributed by atoms with van der Waals surface area (Å²) < 4.78 is 54.7. The van der Waals surface area contributed by atoms with Crippen LogP contribution in [0.1, 0.15) is 74.8 Å². The monoisotopic (exact) mass is 1240 g/mol. The van der Waals surface area contributed by atoms with Gasteiger partial charge in [0.1, 0.15) is 65.7 Å². The molecule has 3 N–H and O–H groups in total. The molecule has 92 heavy (non-hydrogen) atoms. The van der Waals surface area contributed by atoms with Crippen molar-refractivity contribution in [2.24, 2.45) is 0 Å². The third kappa shape index (κ3) is 17.5. The van der Waals surface area contributed by atoms with E-state index < -0.39 is 73.6 Å². The molecule has 0 unspecified atom stereocenters. The molecule has 1 aliphatic rings. The van der Waals surface area contributed by atoms with Gasteiger partial charge in [0.05, 0.1) is 16.7 Å². The molecule has 1 heterocycles. The summed E-state index contributed by atoms with van der Waals surface area (Å²) in [6.45, 7) is -2.62. The van der Waals surface area contributed by atoms with E-state index in [0.29, 0.717) is 11.8 Å². The Morgan fingerprint density at radius 1 is 0.337 bits per heavy atom. The number of nitrogens with one attached hydrogen (secondary N) is 3. The highest BCUT2D eigenvalue weighted by Crippen LogP contribution is 2.37. The van der Waals surface area contributed by atoms with Gasteiger partial charge in [-0.2, -0.15) is 0 Å². The summed E-state index contributed by atoms with van der Waals surface area (Å²) in [5.74, 6) is -6.25. The molecule has 3 amide bonds. The number of rotatable bonds is 25. The molecule has 3 atom stereocenters. The molecule has 9 aromatic carbocycles. The summed E-state index contributed by atoms with van der Waals surface area (Å²) in [5.41, 5.74) is 4.19. The van der Waals surface area contributed by atoms with Crippen molar-refractivity contribution < 1.29 is 76.2 Å². The number of benzene rings is 9. The lowest BCUT2D eigenvalue weighted by Crippen LogP contribution is -2.52. The zero-order valence-electron chi connectivity index (χ0n) is 49.6. The van der Waals surface area contributed by atoms with Crippen molar-refractivity contribution in [1.82, 2.24) is 16.0 Å². The van der Waals surface area contributed by atoms with Crippen LogP contribution in [-0.2, 0) is 68.2 Å². The Kier molecular flexibility index (Phi) is 22.0. The normalized spacial score (nSPS) is 14.8. The van der Waals surface area contributed by atoms with Crippen LogP contribution in [-0.4, -0.2) is 79.9 Å². The van der Waals surface area contributed by atoms with Crippen molar-refractivity contribution in [2.75, 3.05) is 19.8 Å². The summed E-state index contributed by atoms with van der Waals surface area (Å²) in [5, 5.41) is 7.76. The molecule has 1 aliphatic heterocycles. The molecular weight excluding hydrogens is 1170 g/mol. The Labute approximate surface area is 530 Å². The number of hydrogen-bond donors (Lipinski definition) is 3. The van der Waals surface area contributed by atoms with Gasteiger partial charge in [-0.05, 0) is 69.8 Å². The van der Waals surface area contributed by atoms with E-state index in [1.165, 1.54) is 24.3 Å². The molecule has 1 saturated heterocycles.